The molecule has 1 aromatic carbocycles. The number of amides is 2. The summed E-state index contributed by atoms with van der Waals surface area (Å²) in [6, 6.07) is 12.7. The highest BCUT2D eigenvalue weighted by Gasteiger charge is 2.28. The minimum Gasteiger partial charge on any atom is -0.455 e. The molecule has 8 nitrogen and oxygen atoms in total. The maximum atomic E-state index is 13.1. The van der Waals surface area contributed by atoms with Crippen LogP contribution in [0.1, 0.15) is 50.6 Å². The fourth-order valence-electron chi connectivity index (χ4n) is 4.07. The van der Waals surface area contributed by atoms with Crippen molar-refractivity contribution in [2.24, 2.45) is 5.10 Å². The van der Waals surface area contributed by atoms with Crippen LogP contribution in [0.4, 0.5) is 5.69 Å². The fraction of sp³-hybridized carbons (Fsp3) is 0.160. The van der Waals surface area contributed by atoms with Gasteiger partial charge in [0.2, 0.25) is 0 Å². The summed E-state index contributed by atoms with van der Waals surface area (Å²) in [5.74, 6) is 0.277. The molecule has 1 aliphatic rings. The Labute approximate surface area is 189 Å². The van der Waals surface area contributed by atoms with Gasteiger partial charge in [0.1, 0.15) is 5.76 Å². The normalized spacial score (nSPS) is 14.2. The molecule has 8 heteroatoms. The van der Waals surface area contributed by atoms with Crippen molar-refractivity contribution in [1.82, 2.24) is 15.4 Å². The first-order chi connectivity index (χ1) is 16.1. The van der Waals surface area contributed by atoms with Crippen molar-refractivity contribution in [3.8, 4) is 0 Å². The second-order valence-corrected chi connectivity index (χ2v) is 7.78. The summed E-state index contributed by atoms with van der Waals surface area (Å²) in [7, 11) is 0. The van der Waals surface area contributed by atoms with E-state index in [0.717, 1.165) is 17.4 Å². The van der Waals surface area contributed by atoms with Crippen molar-refractivity contribution in [1.29, 1.82) is 0 Å². The van der Waals surface area contributed by atoms with Gasteiger partial charge < -0.3 is 9.73 Å². The van der Waals surface area contributed by atoms with Gasteiger partial charge in [0.15, 0.2) is 5.76 Å². The van der Waals surface area contributed by atoms with E-state index < -0.39 is 0 Å². The molecule has 4 aromatic rings. The Balaban J connectivity index is 1.41. The standard InChI is InChI=1S/C25H21N5O3/c1-15-21-18(29-30-24(31)17-10-13-26-14-11-17)7-3-9-20(21)33-23(15)25(32)28-19-8-2-5-16-6-4-12-27-22(16)19/h2,4-6,8,10-14H,3,7,9H2,1H3,(H,28,32)(H,30,31)/b29-18+. The largest absolute Gasteiger partial charge is 0.455 e. The summed E-state index contributed by atoms with van der Waals surface area (Å²) in [6.45, 7) is 1.84. The topological polar surface area (TPSA) is 109 Å². The molecule has 1 aliphatic carbocycles. The number of carbonyl (C=O) groups excluding carboxylic acids is 2. The molecule has 0 bridgehead atoms. The molecular formula is C25H21N5O3. The van der Waals surface area contributed by atoms with E-state index in [1.807, 2.05) is 37.3 Å². The summed E-state index contributed by atoms with van der Waals surface area (Å²) in [6.07, 6.45) is 7.00. The quantitative estimate of drug-likeness (QED) is 0.462. The molecule has 0 saturated heterocycles. The van der Waals surface area contributed by atoms with E-state index in [4.69, 9.17) is 4.42 Å². The van der Waals surface area contributed by atoms with Gasteiger partial charge in [0, 0.05) is 47.1 Å². The lowest BCUT2D eigenvalue weighted by Gasteiger charge is -2.13. The van der Waals surface area contributed by atoms with Crippen LogP contribution in [0.5, 0.6) is 0 Å². The maximum absolute atomic E-state index is 13.1. The van der Waals surface area contributed by atoms with Gasteiger partial charge in [-0.15, -0.1) is 0 Å². The average molecular weight is 439 g/mol. The van der Waals surface area contributed by atoms with Crippen molar-refractivity contribution in [3.63, 3.8) is 0 Å². The highest BCUT2D eigenvalue weighted by atomic mass is 16.4. The lowest BCUT2D eigenvalue weighted by Crippen LogP contribution is -2.22. The minimum atomic E-state index is -0.347. The number of pyridine rings is 2. The van der Waals surface area contributed by atoms with Crippen LogP contribution < -0.4 is 10.7 Å². The van der Waals surface area contributed by atoms with Crippen LogP contribution in [0, 0.1) is 6.92 Å². The second-order valence-electron chi connectivity index (χ2n) is 7.78. The van der Waals surface area contributed by atoms with Gasteiger partial charge >= 0.3 is 0 Å². The van der Waals surface area contributed by atoms with Crippen LogP contribution in [0.3, 0.4) is 0 Å². The summed E-state index contributed by atoms with van der Waals surface area (Å²) < 4.78 is 5.97. The third-order valence-electron chi connectivity index (χ3n) is 5.65. The zero-order valence-corrected chi connectivity index (χ0v) is 18.0. The monoisotopic (exact) mass is 439 g/mol. The number of hydrazone groups is 1. The van der Waals surface area contributed by atoms with Crippen molar-refractivity contribution in [2.75, 3.05) is 5.32 Å². The first-order valence-electron chi connectivity index (χ1n) is 10.7. The molecule has 0 radical (unpaired) electrons. The predicted molar refractivity (Wildman–Crippen MR) is 124 cm³/mol. The molecule has 0 aliphatic heterocycles. The SMILES string of the molecule is Cc1c(C(=O)Nc2cccc3cccnc23)oc2c1/C(=N/NC(=O)c1ccncc1)CCC2. The van der Waals surface area contributed by atoms with Gasteiger partial charge in [0.25, 0.3) is 11.8 Å². The average Bonchev–Trinajstić information content (AvgIpc) is 3.20. The van der Waals surface area contributed by atoms with Gasteiger partial charge in [0.05, 0.1) is 16.9 Å². The van der Waals surface area contributed by atoms with Gasteiger partial charge in [-0.1, -0.05) is 18.2 Å². The number of nitrogens with zero attached hydrogens (tertiary/aromatic N) is 3. The number of anilines is 1. The number of aryl methyl sites for hydroxylation is 1. The van der Waals surface area contributed by atoms with E-state index in [2.05, 4.69) is 25.8 Å². The third-order valence-corrected chi connectivity index (χ3v) is 5.65. The van der Waals surface area contributed by atoms with Gasteiger partial charge in [-0.2, -0.15) is 5.10 Å². The van der Waals surface area contributed by atoms with Crippen LogP contribution in [0.25, 0.3) is 10.9 Å². The number of hydrogen-bond donors (Lipinski definition) is 2. The number of furan rings is 1. The first kappa shape index (κ1) is 20.6. The minimum absolute atomic E-state index is 0.239. The van der Waals surface area contributed by atoms with Gasteiger partial charge in [-0.05, 0) is 44.0 Å². The molecule has 0 unspecified atom stereocenters. The summed E-state index contributed by atoms with van der Waals surface area (Å²) >= 11 is 0. The van der Waals surface area contributed by atoms with Crippen LogP contribution in [0.15, 0.2) is 70.6 Å². The number of hydrogen-bond acceptors (Lipinski definition) is 6. The summed E-state index contributed by atoms with van der Waals surface area (Å²) in [5, 5.41) is 8.22. The van der Waals surface area contributed by atoms with Crippen molar-refractivity contribution in [2.45, 2.75) is 26.2 Å². The molecule has 164 valence electrons. The number of nitrogens with one attached hydrogen (secondary N) is 2. The van der Waals surface area contributed by atoms with Crippen LogP contribution in [-0.2, 0) is 6.42 Å². The van der Waals surface area contributed by atoms with Crippen LogP contribution in [0.2, 0.25) is 0 Å². The van der Waals surface area contributed by atoms with Gasteiger partial charge in [-0.3, -0.25) is 19.6 Å². The molecule has 0 atom stereocenters. The number of aromatic nitrogens is 2. The number of para-hydroxylation sites is 1. The second kappa shape index (κ2) is 8.66. The first-order valence-corrected chi connectivity index (χ1v) is 10.7. The summed E-state index contributed by atoms with van der Waals surface area (Å²) in [4.78, 5) is 33.8. The fourth-order valence-corrected chi connectivity index (χ4v) is 4.07. The van der Waals surface area contributed by atoms with Crippen molar-refractivity contribution >= 4 is 34.1 Å². The Bertz CT molecular complexity index is 1390. The zero-order valence-electron chi connectivity index (χ0n) is 18.0. The molecule has 2 amide bonds. The highest BCUT2D eigenvalue weighted by Crippen LogP contribution is 2.31. The van der Waals surface area contributed by atoms with E-state index in [-0.39, 0.29) is 17.6 Å². The highest BCUT2D eigenvalue weighted by molar-refractivity contribution is 6.11. The van der Waals surface area contributed by atoms with Crippen molar-refractivity contribution in [3.05, 3.63) is 89.3 Å². The number of fused-ring (bicyclic) bond motifs is 2. The Hall–Kier alpha value is -4.33. The predicted octanol–water partition coefficient (Wildman–Crippen LogP) is 4.25. The van der Waals surface area contributed by atoms with E-state index in [9.17, 15) is 9.59 Å². The zero-order chi connectivity index (χ0) is 22.8. The van der Waals surface area contributed by atoms with E-state index in [1.165, 1.54) is 0 Å². The Morgan fingerprint density at radius 3 is 2.67 bits per heavy atom. The van der Waals surface area contributed by atoms with Gasteiger partial charge in [-0.25, -0.2) is 5.43 Å². The smallest absolute Gasteiger partial charge is 0.291 e. The third kappa shape index (κ3) is 3.98. The Morgan fingerprint density at radius 1 is 1.00 bits per heavy atom. The Morgan fingerprint density at radius 2 is 1.82 bits per heavy atom. The lowest BCUT2D eigenvalue weighted by atomic mass is 9.93. The summed E-state index contributed by atoms with van der Waals surface area (Å²) in [5.41, 5.74) is 6.59. The van der Waals surface area contributed by atoms with E-state index in [1.54, 1.807) is 30.7 Å². The van der Waals surface area contributed by atoms with Crippen LogP contribution >= 0.6 is 0 Å². The lowest BCUT2D eigenvalue weighted by molar-refractivity contribution is 0.0953. The molecule has 33 heavy (non-hydrogen) atoms. The molecular weight excluding hydrogens is 418 g/mol. The number of carbonyl (C=O) groups is 2. The molecule has 0 spiro atoms. The molecule has 0 fully saturated rings. The molecule has 3 aromatic heterocycles. The molecule has 2 N–H and O–H groups in total. The number of rotatable bonds is 4. The van der Waals surface area contributed by atoms with E-state index in [0.29, 0.717) is 46.6 Å². The number of benzene rings is 1. The molecule has 0 saturated carbocycles. The van der Waals surface area contributed by atoms with Crippen molar-refractivity contribution < 1.29 is 14.0 Å². The maximum Gasteiger partial charge on any atom is 0.291 e. The molecule has 5 rings (SSSR count). The van der Waals surface area contributed by atoms with E-state index >= 15 is 0 Å². The van der Waals surface area contributed by atoms with Crippen LogP contribution in [-0.4, -0.2) is 27.5 Å². The molecule has 3 heterocycles. The Kier molecular flexibility index (Phi) is 5.40.